The molecule has 5 nitrogen and oxygen atoms in total. The van der Waals surface area contributed by atoms with Crippen LogP contribution in [0.5, 0.6) is 5.75 Å². The van der Waals surface area contributed by atoms with Crippen LogP contribution in [0.15, 0.2) is 42.5 Å². The van der Waals surface area contributed by atoms with Gasteiger partial charge in [-0.1, -0.05) is 39.0 Å². The topological polar surface area (TPSA) is 49.9 Å². The maximum absolute atomic E-state index is 13.5. The quantitative estimate of drug-likeness (QED) is 0.391. The van der Waals surface area contributed by atoms with Gasteiger partial charge in [-0.15, -0.1) is 0 Å². The Balaban J connectivity index is 1.23. The minimum absolute atomic E-state index is 0.00315. The predicted molar refractivity (Wildman–Crippen MR) is 144 cm³/mol. The summed E-state index contributed by atoms with van der Waals surface area (Å²) in [5.74, 6) is 1.66. The SMILES string of the molecule is CCCCCCOc1ccc(C(=O)N2CCc3cc(C(=O)N4CCCC5CCCCC54)ccc32)cc1. The van der Waals surface area contributed by atoms with Crippen LogP contribution in [-0.2, 0) is 6.42 Å². The molecule has 2 fully saturated rings. The highest BCUT2D eigenvalue weighted by Crippen LogP contribution is 2.37. The number of rotatable bonds is 8. The van der Waals surface area contributed by atoms with E-state index >= 15 is 0 Å². The molecule has 2 unspecified atom stereocenters. The van der Waals surface area contributed by atoms with E-state index in [9.17, 15) is 9.59 Å². The second-order valence-corrected chi connectivity index (χ2v) is 10.7. The summed E-state index contributed by atoms with van der Waals surface area (Å²) in [5.41, 5.74) is 3.47. The number of carbonyl (C=O) groups is 2. The minimum Gasteiger partial charge on any atom is -0.494 e. The first kappa shape index (κ1) is 24.9. The first-order valence-corrected chi connectivity index (χ1v) is 14.1. The predicted octanol–water partition coefficient (Wildman–Crippen LogP) is 6.64. The zero-order chi connectivity index (χ0) is 24.9. The first-order valence-electron chi connectivity index (χ1n) is 14.1. The largest absolute Gasteiger partial charge is 0.494 e. The summed E-state index contributed by atoms with van der Waals surface area (Å²) in [6, 6.07) is 13.8. The Morgan fingerprint density at radius 1 is 0.861 bits per heavy atom. The molecule has 1 saturated carbocycles. The van der Waals surface area contributed by atoms with Crippen LogP contribution in [0, 0.1) is 5.92 Å². The molecule has 192 valence electrons. The normalized spacial score (nSPS) is 21.1. The van der Waals surface area contributed by atoms with Gasteiger partial charge in [0.15, 0.2) is 0 Å². The highest BCUT2D eigenvalue weighted by Gasteiger charge is 2.36. The summed E-state index contributed by atoms with van der Waals surface area (Å²) in [5, 5.41) is 0. The highest BCUT2D eigenvalue weighted by atomic mass is 16.5. The molecule has 2 aromatic carbocycles. The Morgan fingerprint density at radius 2 is 1.64 bits per heavy atom. The number of nitrogens with zero attached hydrogens (tertiary/aromatic N) is 2. The van der Waals surface area contributed by atoms with Crippen molar-refractivity contribution in [3.8, 4) is 5.75 Å². The molecule has 0 spiro atoms. The maximum Gasteiger partial charge on any atom is 0.258 e. The van der Waals surface area contributed by atoms with Gasteiger partial charge in [-0.3, -0.25) is 9.59 Å². The number of unbranched alkanes of at least 4 members (excludes halogenated alkanes) is 3. The van der Waals surface area contributed by atoms with E-state index in [1.807, 2.05) is 47.4 Å². The van der Waals surface area contributed by atoms with E-state index in [0.29, 0.717) is 30.7 Å². The van der Waals surface area contributed by atoms with E-state index in [0.717, 1.165) is 54.8 Å². The number of piperidine rings is 1. The zero-order valence-corrected chi connectivity index (χ0v) is 21.7. The van der Waals surface area contributed by atoms with E-state index in [4.69, 9.17) is 4.74 Å². The third kappa shape index (κ3) is 5.30. The van der Waals surface area contributed by atoms with Crippen LogP contribution in [-0.4, -0.2) is 42.5 Å². The van der Waals surface area contributed by atoms with Gasteiger partial charge in [0.05, 0.1) is 6.61 Å². The van der Waals surface area contributed by atoms with Crippen molar-refractivity contribution in [3.63, 3.8) is 0 Å². The summed E-state index contributed by atoms with van der Waals surface area (Å²) >= 11 is 0. The lowest BCUT2D eigenvalue weighted by molar-refractivity contribution is 0.0390. The summed E-state index contributed by atoms with van der Waals surface area (Å²) in [6.07, 6.45) is 12.8. The lowest BCUT2D eigenvalue weighted by Gasteiger charge is -2.44. The molecule has 1 saturated heterocycles. The van der Waals surface area contributed by atoms with E-state index in [-0.39, 0.29) is 11.8 Å². The number of anilines is 1. The number of ether oxygens (including phenoxy) is 1. The zero-order valence-electron chi connectivity index (χ0n) is 21.7. The van der Waals surface area contributed by atoms with Gasteiger partial charge in [-0.2, -0.15) is 0 Å². The van der Waals surface area contributed by atoms with Crippen molar-refractivity contribution >= 4 is 17.5 Å². The third-order valence-corrected chi connectivity index (χ3v) is 8.34. The molecule has 0 N–H and O–H groups in total. The first-order chi connectivity index (χ1) is 17.7. The minimum atomic E-state index is 0.00315. The second kappa shape index (κ2) is 11.5. The van der Waals surface area contributed by atoms with E-state index in [1.54, 1.807) is 0 Å². The smallest absolute Gasteiger partial charge is 0.258 e. The average Bonchev–Trinajstić information content (AvgIpc) is 3.35. The molecule has 3 aliphatic rings. The molecule has 5 heteroatoms. The standard InChI is InChI=1S/C31H40N2O3/c1-2-3-4-7-21-36-27-15-12-24(13-16-27)30(34)33-20-18-25-22-26(14-17-29(25)33)31(35)32-19-8-10-23-9-5-6-11-28(23)32/h12-17,22-23,28H,2-11,18-21H2,1H3. The molecule has 0 aromatic heterocycles. The van der Waals surface area contributed by atoms with Crippen LogP contribution in [0.1, 0.15) is 97.4 Å². The molecular weight excluding hydrogens is 448 g/mol. The molecule has 2 heterocycles. The van der Waals surface area contributed by atoms with Crippen LogP contribution >= 0.6 is 0 Å². The molecule has 0 radical (unpaired) electrons. The molecule has 0 bridgehead atoms. The molecule has 2 aromatic rings. The summed E-state index contributed by atoms with van der Waals surface area (Å²) < 4.78 is 5.83. The Labute approximate surface area is 215 Å². The molecule has 1 aliphatic carbocycles. The monoisotopic (exact) mass is 488 g/mol. The van der Waals surface area contributed by atoms with Crippen LogP contribution in [0.2, 0.25) is 0 Å². The molecular formula is C31H40N2O3. The Kier molecular flexibility index (Phi) is 7.93. The van der Waals surface area contributed by atoms with Crippen molar-refractivity contribution in [2.24, 2.45) is 5.92 Å². The number of carbonyl (C=O) groups excluding carboxylic acids is 2. The molecule has 2 amide bonds. The maximum atomic E-state index is 13.5. The van der Waals surface area contributed by atoms with E-state index in [1.165, 1.54) is 44.9 Å². The number of fused-ring (bicyclic) bond motifs is 2. The molecule has 5 rings (SSSR count). The van der Waals surface area contributed by atoms with Crippen molar-refractivity contribution in [3.05, 3.63) is 59.2 Å². The van der Waals surface area contributed by atoms with Crippen molar-refractivity contribution in [1.29, 1.82) is 0 Å². The van der Waals surface area contributed by atoms with Crippen LogP contribution < -0.4 is 9.64 Å². The lowest BCUT2D eigenvalue weighted by Crippen LogP contribution is -2.49. The highest BCUT2D eigenvalue weighted by molar-refractivity contribution is 6.07. The summed E-state index contributed by atoms with van der Waals surface area (Å²) in [7, 11) is 0. The number of amides is 2. The van der Waals surface area contributed by atoms with Crippen molar-refractivity contribution in [1.82, 2.24) is 4.90 Å². The molecule has 2 aliphatic heterocycles. The van der Waals surface area contributed by atoms with Crippen molar-refractivity contribution < 1.29 is 14.3 Å². The van der Waals surface area contributed by atoms with Crippen molar-refractivity contribution in [2.45, 2.75) is 83.6 Å². The Hall–Kier alpha value is -2.82. The number of hydrogen-bond donors (Lipinski definition) is 0. The lowest BCUT2D eigenvalue weighted by atomic mass is 9.78. The van der Waals surface area contributed by atoms with Gasteiger partial charge in [-0.05, 0) is 92.5 Å². The Morgan fingerprint density at radius 3 is 2.47 bits per heavy atom. The van der Waals surface area contributed by atoms with Gasteiger partial charge in [0.25, 0.3) is 11.8 Å². The Bertz CT molecular complexity index is 1060. The fraction of sp³-hybridized carbons (Fsp3) is 0.548. The van der Waals surface area contributed by atoms with Gasteiger partial charge < -0.3 is 14.5 Å². The number of hydrogen-bond acceptors (Lipinski definition) is 3. The van der Waals surface area contributed by atoms with Gasteiger partial charge in [0.1, 0.15) is 5.75 Å². The summed E-state index contributed by atoms with van der Waals surface area (Å²) in [4.78, 5) is 30.8. The second-order valence-electron chi connectivity index (χ2n) is 10.7. The number of benzene rings is 2. The van der Waals surface area contributed by atoms with Crippen molar-refractivity contribution in [2.75, 3.05) is 24.6 Å². The number of likely N-dealkylation sites (tertiary alicyclic amines) is 1. The van der Waals surface area contributed by atoms with Gasteiger partial charge in [-0.25, -0.2) is 0 Å². The van der Waals surface area contributed by atoms with Gasteiger partial charge >= 0.3 is 0 Å². The van der Waals surface area contributed by atoms with Crippen LogP contribution in [0.4, 0.5) is 5.69 Å². The van der Waals surface area contributed by atoms with Crippen LogP contribution in [0.3, 0.4) is 0 Å². The van der Waals surface area contributed by atoms with Crippen LogP contribution in [0.25, 0.3) is 0 Å². The van der Waals surface area contributed by atoms with Gasteiger partial charge in [0, 0.05) is 35.9 Å². The fourth-order valence-electron chi connectivity index (χ4n) is 6.36. The van der Waals surface area contributed by atoms with E-state index < -0.39 is 0 Å². The fourth-order valence-corrected chi connectivity index (χ4v) is 6.36. The average molecular weight is 489 g/mol. The summed E-state index contributed by atoms with van der Waals surface area (Å²) in [6.45, 7) is 4.44. The third-order valence-electron chi connectivity index (χ3n) is 8.34. The molecule has 36 heavy (non-hydrogen) atoms. The van der Waals surface area contributed by atoms with E-state index in [2.05, 4.69) is 11.8 Å². The van der Waals surface area contributed by atoms with Gasteiger partial charge in [0.2, 0.25) is 0 Å². The molecule has 2 atom stereocenters.